The van der Waals surface area contributed by atoms with Crippen molar-refractivity contribution in [2.75, 3.05) is 12.4 Å². The van der Waals surface area contributed by atoms with Crippen LogP contribution in [0.1, 0.15) is 16.1 Å². The zero-order chi connectivity index (χ0) is 20.0. The van der Waals surface area contributed by atoms with Crippen LogP contribution in [0.2, 0.25) is 0 Å². The van der Waals surface area contributed by atoms with Crippen LogP contribution in [0.15, 0.2) is 39.4 Å². The molecule has 0 saturated heterocycles. The van der Waals surface area contributed by atoms with E-state index in [9.17, 15) is 18.4 Å². The van der Waals surface area contributed by atoms with Crippen molar-refractivity contribution in [3.63, 3.8) is 0 Å². The van der Waals surface area contributed by atoms with Gasteiger partial charge in [0, 0.05) is 25.4 Å². The van der Waals surface area contributed by atoms with E-state index in [1.54, 1.807) is 14.0 Å². The second-order valence-corrected chi connectivity index (χ2v) is 6.15. The number of rotatable bonds is 2. The van der Waals surface area contributed by atoms with Gasteiger partial charge in [-0.2, -0.15) is 24.9 Å². The van der Waals surface area contributed by atoms with Crippen LogP contribution in [0.25, 0.3) is 0 Å². The SMILES string of the molecule is Cc1cc(NC(=O)c2ccc(F)cc2F)n(C2=NC(=O)C3C=NN(C)C3=N2)n1. The number of hydrogen-bond acceptors (Lipinski definition) is 6. The molecule has 3 heterocycles. The molecule has 11 heteroatoms. The van der Waals surface area contributed by atoms with E-state index in [-0.39, 0.29) is 17.3 Å². The first-order valence-electron chi connectivity index (χ1n) is 8.16. The minimum absolute atomic E-state index is 0.0587. The molecule has 0 saturated carbocycles. The van der Waals surface area contributed by atoms with E-state index in [0.717, 1.165) is 12.1 Å². The Labute approximate surface area is 157 Å². The van der Waals surface area contributed by atoms with Gasteiger partial charge < -0.3 is 5.32 Å². The second kappa shape index (κ2) is 6.44. The molecule has 0 bridgehead atoms. The number of nitrogens with zero attached hydrogens (tertiary/aromatic N) is 6. The van der Waals surface area contributed by atoms with Crippen LogP contribution in [0.4, 0.5) is 14.6 Å². The summed E-state index contributed by atoms with van der Waals surface area (Å²) in [7, 11) is 1.64. The summed E-state index contributed by atoms with van der Waals surface area (Å²) in [6.07, 6.45) is 1.44. The van der Waals surface area contributed by atoms with Gasteiger partial charge in [0.25, 0.3) is 17.8 Å². The molecule has 0 spiro atoms. The molecule has 9 nitrogen and oxygen atoms in total. The predicted molar refractivity (Wildman–Crippen MR) is 96.3 cm³/mol. The highest BCUT2D eigenvalue weighted by Gasteiger charge is 2.35. The summed E-state index contributed by atoms with van der Waals surface area (Å²) in [4.78, 5) is 32.9. The van der Waals surface area contributed by atoms with Gasteiger partial charge in [-0.15, -0.1) is 0 Å². The van der Waals surface area contributed by atoms with Crippen molar-refractivity contribution in [2.24, 2.45) is 21.0 Å². The standard InChI is InChI=1S/C17H13F2N7O2/c1-8-5-13(21-15(27)10-4-3-9(18)6-12(10)19)26(24-8)17-22-14-11(16(28)23-17)7-20-25(14)2/h3-7,11H,1-2H3,(H,21,27). The maximum absolute atomic E-state index is 13.9. The summed E-state index contributed by atoms with van der Waals surface area (Å²) in [5, 5.41) is 12.1. The largest absolute Gasteiger partial charge is 0.306 e. The van der Waals surface area contributed by atoms with Crippen LogP contribution >= 0.6 is 0 Å². The average Bonchev–Trinajstić information content (AvgIpc) is 3.18. The molecule has 4 rings (SSSR count). The monoisotopic (exact) mass is 385 g/mol. The number of hydrazone groups is 1. The van der Waals surface area contributed by atoms with Gasteiger partial charge in [0.05, 0.1) is 11.3 Å². The molecular weight excluding hydrogens is 372 g/mol. The van der Waals surface area contributed by atoms with E-state index in [0.29, 0.717) is 17.6 Å². The molecule has 1 unspecified atom stereocenters. The number of carbonyl (C=O) groups is 2. The molecule has 1 aromatic heterocycles. The summed E-state index contributed by atoms with van der Waals surface area (Å²) in [5.41, 5.74) is 0.159. The van der Waals surface area contributed by atoms with Crippen molar-refractivity contribution in [3.8, 4) is 0 Å². The molecule has 1 atom stereocenters. The van der Waals surface area contributed by atoms with Crippen molar-refractivity contribution in [1.82, 2.24) is 14.8 Å². The molecule has 28 heavy (non-hydrogen) atoms. The molecule has 142 valence electrons. The predicted octanol–water partition coefficient (Wildman–Crippen LogP) is 1.41. The molecule has 2 aliphatic heterocycles. The number of carbonyl (C=O) groups excluding carboxylic acids is 2. The Morgan fingerprint density at radius 3 is 2.75 bits per heavy atom. The number of fused-ring (bicyclic) bond motifs is 1. The molecule has 0 fully saturated rings. The number of nitrogens with one attached hydrogen (secondary N) is 1. The fourth-order valence-electron chi connectivity index (χ4n) is 2.80. The van der Waals surface area contributed by atoms with Gasteiger partial charge in [0.15, 0.2) is 0 Å². The van der Waals surface area contributed by atoms with E-state index in [4.69, 9.17) is 0 Å². The van der Waals surface area contributed by atoms with E-state index < -0.39 is 29.4 Å². The Kier molecular flexibility index (Phi) is 4.06. The summed E-state index contributed by atoms with van der Waals surface area (Å²) < 4.78 is 28.1. The lowest BCUT2D eigenvalue weighted by Crippen LogP contribution is -2.35. The molecule has 2 aromatic rings. The second-order valence-electron chi connectivity index (χ2n) is 6.15. The first kappa shape index (κ1) is 17.6. The number of benzene rings is 1. The smallest absolute Gasteiger partial charge is 0.265 e. The van der Waals surface area contributed by atoms with Crippen molar-refractivity contribution >= 4 is 35.6 Å². The van der Waals surface area contributed by atoms with Gasteiger partial charge in [-0.1, -0.05) is 0 Å². The summed E-state index contributed by atoms with van der Waals surface area (Å²) in [6.45, 7) is 1.66. The van der Waals surface area contributed by atoms with E-state index in [1.165, 1.54) is 22.0 Å². The van der Waals surface area contributed by atoms with Crippen LogP contribution in [-0.4, -0.2) is 51.7 Å². The van der Waals surface area contributed by atoms with E-state index >= 15 is 0 Å². The van der Waals surface area contributed by atoms with Gasteiger partial charge in [0.2, 0.25) is 0 Å². The number of anilines is 1. The zero-order valence-electron chi connectivity index (χ0n) is 14.7. The molecule has 0 radical (unpaired) electrons. The third-order valence-corrected chi connectivity index (χ3v) is 4.13. The third kappa shape index (κ3) is 2.96. The molecule has 2 amide bonds. The minimum atomic E-state index is -1.00. The highest BCUT2D eigenvalue weighted by atomic mass is 19.1. The normalized spacial score (nSPS) is 18.1. The summed E-state index contributed by atoms with van der Waals surface area (Å²) in [5.74, 6) is -3.28. The van der Waals surface area contributed by atoms with Gasteiger partial charge in [0.1, 0.15) is 29.2 Å². The highest BCUT2D eigenvalue weighted by Crippen LogP contribution is 2.20. The fourth-order valence-corrected chi connectivity index (χ4v) is 2.80. The maximum Gasteiger partial charge on any atom is 0.265 e. The van der Waals surface area contributed by atoms with Gasteiger partial charge in [-0.05, 0) is 19.1 Å². The topological polar surface area (TPSA) is 104 Å². The lowest BCUT2D eigenvalue weighted by molar-refractivity contribution is -0.118. The van der Waals surface area contributed by atoms with Crippen LogP contribution < -0.4 is 5.32 Å². The number of aliphatic imine (C=N–C) groups is 2. The number of aryl methyl sites for hydroxylation is 1. The Hall–Kier alpha value is -3.76. The quantitative estimate of drug-likeness (QED) is 0.844. The number of amides is 2. The number of aromatic nitrogens is 2. The average molecular weight is 385 g/mol. The van der Waals surface area contributed by atoms with Crippen molar-refractivity contribution in [2.45, 2.75) is 6.92 Å². The third-order valence-electron chi connectivity index (χ3n) is 4.13. The van der Waals surface area contributed by atoms with Crippen molar-refractivity contribution in [1.29, 1.82) is 0 Å². The Morgan fingerprint density at radius 1 is 1.21 bits per heavy atom. The first-order valence-corrected chi connectivity index (χ1v) is 8.16. The Morgan fingerprint density at radius 2 is 2.00 bits per heavy atom. The molecule has 1 aromatic carbocycles. The number of hydrogen-bond donors (Lipinski definition) is 1. The van der Waals surface area contributed by atoms with E-state index in [2.05, 4.69) is 25.5 Å². The summed E-state index contributed by atoms with van der Waals surface area (Å²) >= 11 is 0. The van der Waals surface area contributed by atoms with Crippen LogP contribution in [0.5, 0.6) is 0 Å². The highest BCUT2D eigenvalue weighted by molar-refractivity contribution is 6.24. The van der Waals surface area contributed by atoms with Gasteiger partial charge in [-0.25, -0.2) is 8.78 Å². The molecule has 0 aliphatic carbocycles. The Balaban J connectivity index is 1.67. The van der Waals surface area contributed by atoms with Crippen LogP contribution in [0.3, 0.4) is 0 Å². The molecule has 1 N–H and O–H groups in total. The minimum Gasteiger partial charge on any atom is -0.306 e. The lowest BCUT2D eigenvalue weighted by atomic mass is 10.1. The Bertz CT molecular complexity index is 1100. The lowest BCUT2D eigenvalue weighted by Gasteiger charge is -2.17. The number of amidine groups is 1. The van der Waals surface area contributed by atoms with Crippen LogP contribution in [-0.2, 0) is 4.79 Å². The molecule has 2 aliphatic rings. The molecular formula is C17H13F2N7O2. The fraction of sp³-hybridized carbons (Fsp3) is 0.176. The number of halogens is 2. The van der Waals surface area contributed by atoms with Gasteiger partial charge >= 0.3 is 0 Å². The summed E-state index contributed by atoms with van der Waals surface area (Å²) in [6, 6.07) is 4.13. The van der Waals surface area contributed by atoms with E-state index in [1.807, 2.05) is 0 Å². The van der Waals surface area contributed by atoms with Crippen LogP contribution in [0, 0.1) is 24.5 Å². The van der Waals surface area contributed by atoms with Crippen molar-refractivity contribution in [3.05, 3.63) is 47.2 Å². The zero-order valence-corrected chi connectivity index (χ0v) is 14.7. The maximum atomic E-state index is 13.9. The van der Waals surface area contributed by atoms with Gasteiger partial charge in [-0.3, -0.25) is 14.6 Å². The van der Waals surface area contributed by atoms with Crippen molar-refractivity contribution < 1.29 is 18.4 Å². The first-order chi connectivity index (χ1) is 13.3.